The van der Waals surface area contributed by atoms with Crippen LogP contribution in [0.5, 0.6) is 23.0 Å². The van der Waals surface area contributed by atoms with Gasteiger partial charge in [-0.1, -0.05) is 29.8 Å². The van der Waals surface area contributed by atoms with Crippen molar-refractivity contribution >= 4 is 55.3 Å². The number of nitrogens with one attached hydrogen (secondary N) is 2. The molecule has 5 rings (SSSR count). The van der Waals surface area contributed by atoms with Gasteiger partial charge in [0, 0.05) is 40.3 Å². The van der Waals surface area contributed by atoms with Crippen LogP contribution in [0.15, 0.2) is 18.2 Å². The molecule has 0 saturated carbocycles. The van der Waals surface area contributed by atoms with Crippen LogP contribution in [0.25, 0.3) is 21.8 Å². The first-order chi connectivity index (χ1) is 18.8. The molecular formula is C28H32BrN3O7. The zero-order valence-electron chi connectivity index (χ0n) is 22.9. The summed E-state index contributed by atoms with van der Waals surface area (Å²) in [6.45, 7) is 6.10. The van der Waals surface area contributed by atoms with Crippen LogP contribution >= 0.6 is 15.9 Å². The van der Waals surface area contributed by atoms with Gasteiger partial charge in [-0.3, -0.25) is 4.79 Å². The monoisotopic (exact) mass is 601 g/mol. The third kappa shape index (κ3) is 4.34. The number of aryl methyl sites for hydroxylation is 1. The minimum Gasteiger partial charge on any atom is -0.506 e. The Bertz CT molecular complexity index is 1570. The standard InChI is InChI=1S/C26H26BrN3O7.C2H6/c1-11-18(26(33)37-5)20-19-13(9-27)10-30(15(19)8-16(31)22(20)28-11)25(32)14-6-12-7-17(34-2)23(35-3)24(36-4)21(12)29-14;1-2/h6-8,13,28-29,31H,9-10H2,1-5H3;1-2H3. The molecule has 4 aromatic rings. The number of anilines is 1. The predicted octanol–water partition coefficient (Wildman–Crippen LogP) is 5.64. The number of carbonyl (C=O) groups excluding carboxylic acids is 2. The first-order valence-corrected chi connectivity index (χ1v) is 13.6. The molecule has 2 aromatic heterocycles. The van der Waals surface area contributed by atoms with E-state index in [-0.39, 0.29) is 17.6 Å². The van der Waals surface area contributed by atoms with E-state index in [9.17, 15) is 14.7 Å². The molecule has 1 amide bonds. The van der Waals surface area contributed by atoms with Crippen molar-refractivity contribution in [2.45, 2.75) is 26.7 Å². The molecule has 0 fully saturated rings. The van der Waals surface area contributed by atoms with Gasteiger partial charge >= 0.3 is 5.97 Å². The van der Waals surface area contributed by atoms with Crippen molar-refractivity contribution in [2.75, 3.05) is 45.2 Å². The van der Waals surface area contributed by atoms with Gasteiger partial charge in [0.25, 0.3) is 5.91 Å². The van der Waals surface area contributed by atoms with Crippen molar-refractivity contribution in [1.82, 2.24) is 9.97 Å². The van der Waals surface area contributed by atoms with Crippen LogP contribution in [-0.2, 0) is 4.74 Å². The molecule has 1 aliphatic rings. The maximum absolute atomic E-state index is 13.9. The maximum atomic E-state index is 13.9. The average Bonchev–Trinajstić information content (AvgIpc) is 3.65. The van der Waals surface area contributed by atoms with Crippen molar-refractivity contribution in [1.29, 1.82) is 0 Å². The number of rotatable bonds is 6. The highest BCUT2D eigenvalue weighted by atomic mass is 79.9. The Labute approximate surface area is 234 Å². The first-order valence-electron chi connectivity index (χ1n) is 12.4. The van der Waals surface area contributed by atoms with Gasteiger partial charge in [0.2, 0.25) is 5.75 Å². The van der Waals surface area contributed by atoms with Crippen LogP contribution in [0.3, 0.4) is 0 Å². The Kier molecular flexibility index (Phi) is 8.01. The predicted molar refractivity (Wildman–Crippen MR) is 154 cm³/mol. The largest absolute Gasteiger partial charge is 0.506 e. The Morgan fingerprint density at radius 3 is 2.31 bits per heavy atom. The zero-order valence-corrected chi connectivity index (χ0v) is 24.5. The number of ether oxygens (including phenoxy) is 4. The Balaban J connectivity index is 0.00000172. The molecule has 1 aliphatic heterocycles. The van der Waals surface area contributed by atoms with Crippen molar-refractivity contribution in [3.05, 3.63) is 40.7 Å². The summed E-state index contributed by atoms with van der Waals surface area (Å²) < 4.78 is 21.5. The lowest BCUT2D eigenvalue weighted by Gasteiger charge is -2.17. The highest BCUT2D eigenvalue weighted by Gasteiger charge is 2.38. The minimum atomic E-state index is -0.514. The molecule has 3 heterocycles. The second kappa shape index (κ2) is 11.1. The fourth-order valence-electron chi connectivity index (χ4n) is 5.22. The van der Waals surface area contributed by atoms with Crippen LogP contribution in [-0.4, -0.2) is 67.3 Å². The van der Waals surface area contributed by atoms with Gasteiger partial charge in [-0.25, -0.2) is 4.79 Å². The second-order valence-electron chi connectivity index (χ2n) is 8.75. The van der Waals surface area contributed by atoms with E-state index in [1.54, 1.807) is 30.0 Å². The van der Waals surface area contributed by atoms with E-state index in [4.69, 9.17) is 18.9 Å². The molecule has 0 saturated heterocycles. The van der Waals surface area contributed by atoms with E-state index in [0.29, 0.717) is 73.6 Å². The number of aromatic amines is 2. The van der Waals surface area contributed by atoms with Crippen LogP contribution in [0, 0.1) is 6.92 Å². The second-order valence-corrected chi connectivity index (χ2v) is 9.40. The average molecular weight is 602 g/mol. The summed E-state index contributed by atoms with van der Waals surface area (Å²) in [4.78, 5) is 34.4. The topological polar surface area (TPSA) is 126 Å². The van der Waals surface area contributed by atoms with E-state index in [2.05, 4.69) is 25.9 Å². The van der Waals surface area contributed by atoms with Crippen molar-refractivity contribution in [3.63, 3.8) is 0 Å². The van der Waals surface area contributed by atoms with Crippen LogP contribution in [0.4, 0.5) is 5.69 Å². The third-order valence-corrected chi connectivity index (χ3v) is 7.62. The number of aromatic nitrogens is 2. The summed E-state index contributed by atoms with van der Waals surface area (Å²) in [7, 11) is 5.88. The molecule has 0 spiro atoms. The van der Waals surface area contributed by atoms with E-state index in [0.717, 1.165) is 5.56 Å². The van der Waals surface area contributed by atoms with Crippen LogP contribution in [0.1, 0.15) is 51.9 Å². The minimum absolute atomic E-state index is 0.0622. The van der Waals surface area contributed by atoms with E-state index < -0.39 is 5.97 Å². The van der Waals surface area contributed by atoms with Gasteiger partial charge in [-0.15, -0.1) is 0 Å². The van der Waals surface area contributed by atoms with Crippen LogP contribution < -0.4 is 19.1 Å². The number of phenolic OH excluding ortho intramolecular Hbond substituents is 1. The number of nitrogens with zero attached hydrogens (tertiary/aromatic N) is 1. The lowest BCUT2D eigenvalue weighted by Crippen LogP contribution is -2.30. The molecule has 11 heteroatoms. The van der Waals surface area contributed by atoms with Gasteiger partial charge in [0.05, 0.1) is 50.7 Å². The highest BCUT2D eigenvalue weighted by Crippen LogP contribution is 2.48. The summed E-state index contributed by atoms with van der Waals surface area (Å²) in [6.07, 6.45) is 0. The number of benzene rings is 2. The molecule has 39 heavy (non-hydrogen) atoms. The van der Waals surface area contributed by atoms with Gasteiger partial charge in [-0.05, 0) is 24.6 Å². The summed E-state index contributed by atoms with van der Waals surface area (Å²) in [5, 5.41) is 12.7. The zero-order chi connectivity index (χ0) is 28.6. The lowest BCUT2D eigenvalue weighted by molar-refractivity contribution is 0.0602. The fraction of sp³-hybridized carbons (Fsp3) is 0.357. The maximum Gasteiger partial charge on any atom is 0.340 e. The Morgan fingerprint density at radius 1 is 1.03 bits per heavy atom. The summed E-state index contributed by atoms with van der Waals surface area (Å²) >= 11 is 3.57. The smallest absolute Gasteiger partial charge is 0.340 e. The molecule has 3 N–H and O–H groups in total. The number of phenols is 1. The van der Waals surface area contributed by atoms with Gasteiger partial charge in [-0.2, -0.15) is 0 Å². The molecule has 1 atom stereocenters. The number of amides is 1. The third-order valence-electron chi connectivity index (χ3n) is 6.84. The quantitative estimate of drug-likeness (QED) is 0.193. The van der Waals surface area contributed by atoms with Crippen molar-refractivity contribution < 1.29 is 33.6 Å². The number of fused-ring (bicyclic) bond motifs is 4. The molecule has 10 nitrogen and oxygen atoms in total. The summed E-state index contributed by atoms with van der Waals surface area (Å²) in [5.41, 5.74) is 3.60. The SMILES string of the molecule is CC.COC(=O)c1c(C)[nH]c2c(O)cc3c(c12)C(CBr)CN3C(=O)c1cc2cc(OC)c(OC)c(OC)c2[nH]1. The molecule has 0 bridgehead atoms. The Hall–Kier alpha value is -3.86. The number of hydrogen-bond donors (Lipinski definition) is 3. The molecule has 0 aliphatic carbocycles. The molecule has 0 radical (unpaired) electrons. The van der Waals surface area contributed by atoms with Crippen LogP contribution in [0.2, 0.25) is 0 Å². The van der Waals surface area contributed by atoms with E-state index in [1.807, 2.05) is 13.8 Å². The fourth-order valence-corrected chi connectivity index (χ4v) is 5.75. The molecular weight excluding hydrogens is 570 g/mol. The number of alkyl halides is 1. The molecule has 1 unspecified atom stereocenters. The summed E-state index contributed by atoms with van der Waals surface area (Å²) in [5.74, 6) is 0.302. The number of halogens is 1. The summed E-state index contributed by atoms with van der Waals surface area (Å²) in [6, 6.07) is 5.05. The van der Waals surface area contributed by atoms with Gasteiger partial charge in [0.15, 0.2) is 11.5 Å². The van der Waals surface area contributed by atoms with Gasteiger partial charge in [0.1, 0.15) is 11.4 Å². The van der Waals surface area contributed by atoms with E-state index >= 15 is 0 Å². The first kappa shape index (κ1) is 28.2. The normalized spacial score (nSPS) is 14.2. The van der Waals surface area contributed by atoms with E-state index in [1.165, 1.54) is 28.4 Å². The number of carbonyl (C=O) groups is 2. The Morgan fingerprint density at radius 2 is 1.72 bits per heavy atom. The number of methoxy groups -OCH3 is 4. The lowest BCUT2D eigenvalue weighted by atomic mass is 9.96. The highest BCUT2D eigenvalue weighted by molar-refractivity contribution is 9.09. The molecule has 208 valence electrons. The van der Waals surface area contributed by atoms with Crippen molar-refractivity contribution in [2.24, 2.45) is 0 Å². The number of aromatic hydroxyl groups is 1. The number of esters is 1. The number of hydrogen-bond acceptors (Lipinski definition) is 7. The molecule has 2 aromatic carbocycles. The number of H-pyrrole nitrogens is 2. The van der Waals surface area contributed by atoms with Crippen molar-refractivity contribution in [3.8, 4) is 23.0 Å². The van der Waals surface area contributed by atoms with Gasteiger partial charge < -0.3 is 38.9 Å².